The standard InChI is InChI=1S/C17H26Cl2N4O/c1-3-22-6-8-23(9-7-22)12-13(2)11-20-17(24)21-14-4-5-15(18)16(19)10-14/h4-5,10,13H,3,6-9,11-12H2,1-2H3,(H2,20,21,24). The summed E-state index contributed by atoms with van der Waals surface area (Å²) in [6, 6.07) is 4.80. The van der Waals surface area contributed by atoms with Crippen LogP contribution in [0.1, 0.15) is 13.8 Å². The van der Waals surface area contributed by atoms with E-state index in [9.17, 15) is 4.79 Å². The van der Waals surface area contributed by atoms with Crippen molar-refractivity contribution in [1.29, 1.82) is 0 Å². The Kier molecular flexibility index (Phi) is 7.62. The van der Waals surface area contributed by atoms with Crippen molar-refractivity contribution >= 4 is 34.9 Å². The number of likely N-dealkylation sites (N-methyl/N-ethyl adjacent to an activating group) is 1. The van der Waals surface area contributed by atoms with Crippen LogP contribution in [0.4, 0.5) is 10.5 Å². The van der Waals surface area contributed by atoms with E-state index in [1.807, 2.05) is 0 Å². The maximum absolute atomic E-state index is 12.0. The molecule has 1 fully saturated rings. The van der Waals surface area contributed by atoms with Crippen LogP contribution in [0.2, 0.25) is 10.0 Å². The topological polar surface area (TPSA) is 47.6 Å². The predicted molar refractivity (Wildman–Crippen MR) is 101 cm³/mol. The lowest BCUT2D eigenvalue weighted by atomic mass is 10.1. The summed E-state index contributed by atoms with van der Waals surface area (Å²) in [7, 11) is 0. The lowest BCUT2D eigenvalue weighted by Gasteiger charge is -2.35. The summed E-state index contributed by atoms with van der Waals surface area (Å²) in [5.41, 5.74) is 0.630. The minimum atomic E-state index is -0.226. The largest absolute Gasteiger partial charge is 0.338 e. The Hall–Kier alpha value is -1.01. The highest BCUT2D eigenvalue weighted by atomic mass is 35.5. The normalized spacial score (nSPS) is 17.5. The van der Waals surface area contributed by atoms with Crippen molar-refractivity contribution in [1.82, 2.24) is 15.1 Å². The molecule has 5 nitrogen and oxygen atoms in total. The van der Waals surface area contributed by atoms with Gasteiger partial charge in [-0.2, -0.15) is 0 Å². The van der Waals surface area contributed by atoms with Crippen molar-refractivity contribution in [2.24, 2.45) is 5.92 Å². The van der Waals surface area contributed by atoms with Gasteiger partial charge < -0.3 is 20.4 Å². The molecule has 1 atom stereocenters. The van der Waals surface area contributed by atoms with Gasteiger partial charge in [-0.3, -0.25) is 0 Å². The number of hydrogen-bond acceptors (Lipinski definition) is 3. The van der Waals surface area contributed by atoms with Crippen LogP contribution in [0, 0.1) is 5.92 Å². The summed E-state index contributed by atoms with van der Waals surface area (Å²) < 4.78 is 0. The van der Waals surface area contributed by atoms with Crippen molar-refractivity contribution < 1.29 is 4.79 Å². The highest BCUT2D eigenvalue weighted by Gasteiger charge is 2.17. The summed E-state index contributed by atoms with van der Waals surface area (Å²) in [6.07, 6.45) is 0. The first kappa shape index (κ1) is 19.3. The summed E-state index contributed by atoms with van der Waals surface area (Å²) in [5.74, 6) is 0.401. The Morgan fingerprint density at radius 2 is 1.83 bits per heavy atom. The number of nitrogens with zero attached hydrogens (tertiary/aromatic N) is 2. The van der Waals surface area contributed by atoms with Crippen LogP contribution in [0.25, 0.3) is 0 Å². The Balaban J connectivity index is 1.68. The van der Waals surface area contributed by atoms with E-state index in [1.165, 1.54) is 0 Å². The molecule has 1 aromatic carbocycles. The predicted octanol–water partition coefficient (Wildman–Crippen LogP) is 3.39. The van der Waals surface area contributed by atoms with Gasteiger partial charge in [0.25, 0.3) is 0 Å². The third-order valence-corrected chi connectivity index (χ3v) is 5.01. The number of amides is 2. The molecule has 0 aromatic heterocycles. The molecule has 0 aliphatic carbocycles. The third-order valence-electron chi connectivity index (χ3n) is 4.27. The molecule has 134 valence electrons. The van der Waals surface area contributed by atoms with E-state index in [2.05, 4.69) is 34.3 Å². The van der Waals surface area contributed by atoms with Gasteiger partial charge in [-0.15, -0.1) is 0 Å². The lowest BCUT2D eigenvalue weighted by Crippen LogP contribution is -2.48. The summed E-state index contributed by atoms with van der Waals surface area (Å²) in [4.78, 5) is 16.9. The van der Waals surface area contributed by atoms with Gasteiger partial charge in [-0.05, 0) is 30.7 Å². The van der Waals surface area contributed by atoms with Crippen LogP contribution in [0.15, 0.2) is 18.2 Å². The van der Waals surface area contributed by atoms with Crippen molar-refractivity contribution in [3.05, 3.63) is 28.2 Å². The van der Waals surface area contributed by atoms with E-state index >= 15 is 0 Å². The van der Waals surface area contributed by atoms with Gasteiger partial charge in [0.05, 0.1) is 10.0 Å². The molecule has 1 saturated heterocycles. The first-order valence-electron chi connectivity index (χ1n) is 8.42. The van der Waals surface area contributed by atoms with E-state index < -0.39 is 0 Å². The Morgan fingerprint density at radius 1 is 1.17 bits per heavy atom. The molecule has 1 aliphatic rings. The second kappa shape index (κ2) is 9.47. The second-order valence-electron chi connectivity index (χ2n) is 6.30. The maximum atomic E-state index is 12.0. The maximum Gasteiger partial charge on any atom is 0.319 e. The van der Waals surface area contributed by atoms with Gasteiger partial charge in [0, 0.05) is 45.0 Å². The molecule has 24 heavy (non-hydrogen) atoms. The molecule has 1 aliphatic heterocycles. The number of urea groups is 1. The van der Waals surface area contributed by atoms with Gasteiger partial charge in [0.15, 0.2) is 0 Å². The zero-order valence-electron chi connectivity index (χ0n) is 14.3. The molecule has 1 aromatic rings. The van der Waals surface area contributed by atoms with Gasteiger partial charge in [0.1, 0.15) is 0 Å². The van der Waals surface area contributed by atoms with E-state index in [0.29, 0.717) is 28.2 Å². The smallest absolute Gasteiger partial charge is 0.319 e. The van der Waals surface area contributed by atoms with Crippen molar-refractivity contribution in [2.75, 3.05) is 51.1 Å². The Labute approximate surface area is 154 Å². The van der Waals surface area contributed by atoms with E-state index in [0.717, 1.165) is 39.3 Å². The number of carbonyl (C=O) groups is 1. The molecular weight excluding hydrogens is 347 g/mol. The average Bonchev–Trinajstić information content (AvgIpc) is 2.57. The molecule has 2 N–H and O–H groups in total. The summed E-state index contributed by atoms with van der Waals surface area (Å²) in [6.45, 7) is 11.6. The van der Waals surface area contributed by atoms with Crippen molar-refractivity contribution in [2.45, 2.75) is 13.8 Å². The first-order valence-corrected chi connectivity index (χ1v) is 9.18. The number of rotatable bonds is 6. The Morgan fingerprint density at radius 3 is 2.46 bits per heavy atom. The summed E-state index contributed by atoms with van der Waals surface area (Å²) in [5, 5.41) is 6.58. The number of nitrogens with one attached hydrogen (secondary N) is 2. The number of halogens is 2. The molecule has 0 radical (unpaired) electrons. The lowest BCUT2D eigenvalue weighted by molar-refractivity contribution is 0.124. The molecule has 1 heterocycles. The van der Waals surface area contributed by atoms with Crippen LogP contribution >= 0.6 is 23.2 Å². The monoisotopic (exact) mass is 372 g/mol. The van der Waals surface area contributed by atoms with Gasteiger partial charge in [-0.1, -0.05) is 37.0 Å². The second-order valence-corrected chi connectivity index (χ2v) is 7.12. The molecule has 2 rings (SSSR count). The Bertz CT molecular complexity index is 547. The number of carbonyl (C=O) groups excluding carboxylic acids is 1. The quantitative estimate of drug-likeness (QED) is 0.804. The number of hydrogen-bond donors (Lipinski definition) is 2. The van der Waals surface area contributed by atoms with Crippen LogP contribution in [-0.4, -0.2) is 61.6 Å². The minimum absolute atomic E-state index is 0.226. The zero-order valence-corrected chi connectivity index (χ0v) is 15.8. The van der Waals surface area contributed by atoms with Crippen LogP contribution in [0.3, 0.4) is 0 Å². The number of anilines is 1. The number of piperazine rings is 1. The van der Waals surface area contributed by atoms with Crippen LogP contribution in [-0.2, 0) is 0 Å². The highest BCUT2D eigenvalue weighted by Crippen LogP contribution is 2.24. The fourth-order valence-corrected chi connectivity index (χ4v) is 3.11. The van der Waals surface area contributed by atoms with E-state index in [-0.39, 0.29) is 6.03 Å². The SMILES string of the molecule is CCN1CCN(CC(C)CNC(=O)Nc2ccc(Cl)c(Cl)c2)CC1. The zero-order chi connectivity index (χ0) is 17.5. The number of benzene rings is 1. The van der Waals surface area contributed by atoms with Crippen molar-refractivity contribution in [3.8, 4) is 0 Å². The van der Waals surface area contributed by atoms with E-state index in [4.69, 9.17) is 23.2 Å². The minimum Gasteiger partial charge on any atom is -0.338 e. The molecule has 7 heteroatoms. The summed E-state index contributed by atoms with van der Waals surface area (Å²) >= 11 is 11.8. The molecule has 0 saturated carbocycles. The fraction of sp³-hybridized carbons (Fsp3) is 0.588. The van der Waals surface area contributed by atoms with Gasteiger partial charge >= 0.3 is 6.03 Å². The van der Waals surface area contributed by atoms with Gasteiger partial charge in [0.2, 0.25) is 0 Å². The fourth-order valence-electron chi connectivity index (χ4n) is 2.81. The average molecular weight is 373 g/mol. The first-order chi connectivity index (χ1) is 11.5. The van der Waals surface area contributed by atoms with Gasteiger partial charge in [-0.25, -0.2) is 4.79 Å². The molecule has 2 amide bonds. The molecule has 0 spiro atoms. The van der Waals surface area contributed by atoms with Crippen LogP contribution < -0.4 is 10.6 Å². The van der Waals surface area contributed by atoms with E-state index in [1.54, 1.807) is 18.2 Å². The van der Waals surface area contributed by atoms with Crippen LogP contribution in [0.5, 0.6) is 0 Å². The highest BCUT2D eigenvalue weighted by molar-refractivity contribution is 6.42. The molecule has 1 unspecified atom stereocenters. The third kappa shape index (κ3) is 6.13. The van der Waals surface area contributed by atoms with Crippen molar-refractivity contribution in [3.63, 3.8) is 0 Å². The molecule has 0 bridgehead atoms. The molecular formula is C17H26Cl2N4O.